The highest BCUT2D eigenvalue weighted by atomic mass is 35.5. The van der Waals surface area contributed by atoms with Crippen molar-refractivity contribution in [3.63, 3.8) is 0 Å². The zero-order chi connectivity index (χ0) is 21.8. The molecule has 5 rings (SSSR count). The van der Waals surface area contributed by atoms with Crippen LogP contribution in [0.2, 0.25) is 5.02 Å². The van der Waals surface area contributed by atoms with Crippen LogP contribution in [0.25, 0.3) is 22.5 Å². The zero-order valence-electron chi connectivity index (χ0n) is 18.7. The molecule has 1 saturated heterocycles. The number of nitrogens with one attached hydrogen (secondary N) is 2. The van der Waals surface area contributed by atoms with Crippen LogP contribution in [-0.2, 0) is 6.61 Å². The number of halogens is 3. The normalized spacial score (nSPS) is 13.6. The molecule has 1 aliphatic heterocycles. The third-order valence-electron chi connectivity index (χ3n) is 5.92. The number of aromatic amines is 1. The Morgan fingerprint density at radius 3 is 2.35 bits per heavy atom. The summed E-state index contributed by atoms with van der Waals surface area (Å²) in [7, 11) is 0. The SMILES string of the molecule is Cl.Cl.Clc1cccc(-c2nc(C3CCNCC3)[nH]c2-c2cccc(OCc3ccccc3)c2)c1. The van der Waals surface area contributed by atoms with Gasteiger partial charge in [0.2, 0.25) is 0 Å². The van der Waals surface area contributed by atoms with Crippen LogP contribution in [0, 0.1) is 0 Å². The van der Waals surface area contributed by atoms with Gasteiger partial charge in [-0.2, -0.15) is 0 Å². The van der Waals surface area contributed by atoms with Crippen molar-refractivity contribution in [1.82, 2.24) is 15.3 Å². The molecule has 0 unspecified atom stereocenters. The summed E-state index contributed by atoms with van der Waals surface area (Å²) < 4.78 is 6.08. The lowest BCUT2D eigenvalue weighted by Gasteiger charge is -2.20. The van der Waals surface area contributed by atoms with E-state index in [9.17, 15) is 0 Å². The summed E-state index contributed by atoms with van der Waals surface area (Å²) in [4.78, 5) is 8.71. The lowest BCUT2D eigenvalue weighted by atomic mass is 9.98. The molecule has 1 fully saturated rings. The van der Waals surface area contributed by atoms with Gasteiger partial charge < -0.3 is 15.0 Å². The van der Waals surface area contributed by atoms with Gasteiger partial charge in [-0.15, -0.1) is 24.8 Å². The Morgan fingerprint density at radius 2 is 1.59 bits per heavy atom. The maximum Gasteiger partial charge on any atom is 0.120 e. The van der Waals surface area contributed by atoms with Crippen LogP contribution in [0.1, 0.15) is 30.1 Å². The molecule has 0 atom stereocenters. The van der Waals surface area contributed by atoms with E-state index in [4.69, 9.17) is 21.3 Å². The van der Waals surface area contributed by atoms with Gasteiger partial charge >= 0.3 is 0 Å². The minimum absolute atomic E-state index is 0. The highest BCUT2D eigenvalue weighted by molar-refractivity contribution is 6.30. The van der Waals surface area contributed by atoms with Crippen molar-refractivity contribution in [2.24, 2.45) is 0 Å². The highest BCUT2D eigenvalue weighted by Crippen LogP contribution is 2.36. The number of nitrogens with zero attached hydrogens (tertiary/aromatic N) is 1. The maximum absolute atomic E-state index is 6.31. The lowest BCUT2D eigenvalue weighted by molar-refractivity contribution is 0.306. The lowest BCUT2D eigenvalue weighted by Crippen LogP contribution is -2.27. The fourth-order valence-electron chi connectivity index (χ4n) is 4.22. The summed E-state index contributed by atoms with van der Waals surface area (Å²) in [6, 6.07) is 26.3. The Morgan fingerprint density at radius 1 is 0.853 bits per heavy atom. The number of H-pyrrole nitrogens is 1. The summed E-state index contributed by atoms with van der Waals surface area (Å²) in [5.41, 5.74) is 5.15. The Hall–Kier alpha value is -2.50. The number of hydrogen-bond acceptors (Lipinski definition) is 3. The van der Waals surface area contributed by atoms with E-state index in [-0.39, 0.29) is 24.8 Å². The maximum atomic E-state index is 6.31. The van der Waals surface area contributed by atoms with Gasteiger partial charge in [0.25, 0.3) is 0 Å². The van der Waals surface area contributed by atoms with Crippen LogP contribution in [0.15, 0.2) is 78.9 Å². The van der Waals surface area contributed by atoms with Crippen LogP contribution < -0.4 is 10.1 Å². The number of piperidine rings is 1. The number of hydrogen-bond donors (Lipinski definition) is 2. The molecule has 0 amide bonds. The van der Waals surface area contributed by atoms with Gasteiger partial charge in [-0.25, -0.2) is 4.98 Å². The predicted molar refractivity (Wildman–Crippen MR) is 145 cm³/mol. The van der Waals surface area contributed by atoms with Crippen LogP contribution >= 0.6 is 36.4 Å². The number of benzene rings is 3. The molecule has 0 bridgehead atoms. The van der Waals surface area contributed by atoms with Crippen LogP contribution in [-0.4, -0.2) is 23.1 Å². The van der Waals surface area contributed by atoms with E-state index in [1.54, 1.807) is 0 Å². The number of aromatic nitrogens is 2. The van der Waals surface area contributed by atoms with Gasteiger partial charge in [-0.3, -0.25) is 0 Å². The summed E-state index contributed by atoms with van der Waals surface area (Å²) >= 11 is 6.31. The second kappa shape index (κ2) is 12.3. The van der Waals surface area contributed by atoms with Gasteiger partial charge in [-0.05, 0) is 55.8 Å². The molecular weight excluding hydrogens is 489 g/mol. The molecule has 4 nitrogen and oxygen atoms in total. The van der Waals surface area contributed by atoms with E-state index in [1.165, 1.54) is 0 Å². The van der Waals surface area contributed by atoms with Crippen molar-refractivity contribution in [3.05, 3.63) is 95.3 Å². The summed E-state index contributed by atoms with van der Waals surface area (Å²) in [5, 5.41) is 4.14. The molecule has 34 heavy (non-hydrogen) atoms. The smallest absolute Gasteiger partial charge is 0.120 e. The average Bonchev–Trinajstić information content (AvgIpc) is 3.30. The Labute approximate surface area is 217 Å². The topological polar surface area (TPSA) is 49.9 Å². The molecule has 0 aliphatic carbocycles. The molecule has 0 radical (unpaired) electrons. The monoisotopic (exact) mass is 515 g/mol. The molecule has 178 valence electrons. The van der Waals surface area contributed by atoms with Gasteiger partial charge in [0, 0.05) is 22.1 Å². The molecule has 4 aromatic rings. The minimum Gasteiger partial charge on any atom is -0.489 e. The molecular formula is C27H28Cl3N3O. The van der Waals surface area contributed by atoms with E-state index in [1.807, 2.05) is 48.5 Å². The molecule has 2 N–H and O–H groups in total. The standard InChI is InChI=1S/C27H26ClN3O.2ClH/c28-23-10-4-8-21(16-23)25-26(31-27(30-25)20-12-14-29-15-13-20)22-9-5-11-24(17-22)32-18-19-6-2-1-3-7-19;;/h1-11,16-17,20,29H,12-15,18H2,(H,30,31);2*1H. The first kappa shape index (κ1) is 26.1. The van der Waals surface area contributed by atoms with E-state index in [0.29, 0.717) is 17.5 Å². The molecule has 2 heterocycles. The van der Waals surface area contributed by atoms with Gasteiger partial charge in [0.1, 0.15) is 18.2 Å². The Balaban J connectivity index is 0.00000162. The largest absolute Gasteiger partial charge is 0.489 e. The van der Waals surface area contributed by atoms with Crippen molar-refractivity contribution < 1.29 is 4.74 Å². The van der Waals surface area contributed by atoms with Crippen LogP contribution in [0.5, 0.6) is 5.75 Å². The summed E-state index contributed by atoms with van der Waals surface area (Å²) in [6.07, 6.45) is 2.17. The predicted octanol–water partition coefficient (Wildman–Crippen LogP) is 7.29. The van der Waals surface area contributed by atoms with E-state index in [0.717, 1.165) is 65.6 Å². The highest BCUT2D eigenvalue weighted by Gasteiger charge is 2.22. The van der Waals surface area contributed by atoms with Crippen molar-refractivity contribution in [3.8, 4) is 28.3 Å². The first-order valence-electron chi connectivity index (χ1n) is 11.1. The van der Waals surface area contributed by atoms with E-state index in [2.05, 4.69) is 40.6 Å². The molecule has 7 heteroatoms. The van der Waals surface area contributed by atoms with Gasteiger partial charge in [0.15, 0.2) is 0 Å². The van der Waals surface area contributed by atoms with Crippen LogP contribution in [0.3, 0.4) is 0 Å². The fraction of sp³-hybridized carbons (Fsp3) is 0.222. The van der Waals surface area contributed by atoms with E-state index < -0.39 is 0 Å². The third-order valence-corrected chi connectivity index (χ3v) is 6.15. The van der Waals surface area contributed by atoms with Gasteiger partial charge in [-0.1, -0.05) is 66.2 Å². The second-order valence-electron chi connectivity index (χ2n) is 8.18. The first-order valence-corrected chi connectivity index (χ1v) is 11.5. The number of imidazole rings is 1. The number of rotatable bonds is 6. The Kier molecular flexibility index (Phi) is 9.43. The molecule has 1 aliphatic rings. The number of ether oxygens (including phenoxy) is 1. The molecule has 1 aromatic heterocycles. The summed E-state index contributed by atoms with van der Waals surface area (Å²) in [5.74, 6) is 2.31. The van der Waals surface area contributed by atoms with Crippen molar-refractivity contribution in [1.29, 1.82) is 0 Å². The second-order valence-corrected chi connectivity index (χ2v) is 8.62. The molecule has 0 saturated carbocycles. The average molecular weight is 517 g/mol. The summed E-state index contributed by atoms with van der Waals surface area (Å²) in [6.45, 7) is 2.58. The third kappa shape index (κ3) is 6.13. The van der Waals surface area contributed by atoms with Crippen molar-refractivity contribution in [2.75, 3.05) is 13.1 Å². The van der Waals surface area contributed by atoms with Gasteiger partial charge in [0.05, 0.1) is 11.4 Å². The van der Waals surface area contributed by atoms with Crippen molar-refractivity contribution in [2.45, 2.75) is 25.4 Å². The first-order chi connectivity index (χ1) is 15.8. The molecule has 3 aromatic carbocycles. The van der Waals surface area contributed by atoms with E-state index >= 15 is 0 Å². The zero-order valence-corrected chi connectivity index (χ0v) is 21.1. The molecule has 0 spiro atoms. The Bertz CT molecular complexity index is 1190. The van der Waals surface area contributed by atoms with Crippen LogP contribution in [0.4, 0.5) is 0 Å². The minimum atomic E-state index is 0. The fourth-order valence-corrected chi connectivity index (χ4v) is 4.41. The van der Waals surface area contributed by atoms with Crippen molar-refractivity contribution >= 4 is 36.4 Å². The quantitative estimate of drug-likeness (QED) is 0.283.